The highest BCUT2D eigenvalue weighted by atomic mass is 32.1. The summed E-state index contributed by atoms with van der Waals surface area (Å²) in [7, 11) is 0. The predicted octanol–water partition coefficient (Wildman–Crippen LogP) is 1.60. The van der Waals surface area contributed by atoms with Gasteiger partial charge in [0.15, 0.2) is 0 Å². The highest BCUT2D eigenvalue weighted by molar-refractivity contribution is 7.09. The Hall–Kier alpha value is -0.980. The molecule has 1 amide bonds. The Morgan fingerprint density at radius 3 is 2.95 bits per heavy atom. The molecule has 6 heteroatoms. The van der Waals surface area contributed by atoms with E-state index >= 15 is 0 Å². The van der Waals surface area contributed by atoms with Gasteiger partial charge in [-0.05, 0) is 13.3 Å². The second-order valence-electron chi connectivity index (χ2n) is 4.94. The van der Waals surface area contributed by atoms with E-state index in [1.54, 1.807) is 11.3 Å². The zero-order valence-electron chi connectivity index (χ0n) is 12.2. The molecular weight excluding hydrogens is 274 g/mol. The fraction of sp³-hybridized carbons (Fsp3) is 0.714. The van der Waals surface area contributed by atoms with Crippen molar-refractivity contribution >= 4 is 17.2 Å². The summed E-state index contributed by atoms with van der Waals surface area (Å²) in [6, 6.07) is 0.198. The lowest BCUT2D eigenvalue weighted by atomic mass is 10.2. The zero-order chi connectivity index (χ0) is 14.4. The number of hydrogen-bond acceptors (Lipinski definition) is 5. The summed E-state index contributed by atoms with van der Waals surface area (Å²) in [5.74, 6) is 0.209. The van der Waals surface area contributed by atoms with E-state index in [2.05, 4.69) is 29.5 Å². The topological polar surface area (TPSA) is 54.5 Å². The van der Waals surface area contributed by atoms with Crippen LogP contribution in [0.1, 0.15) is 37.0 Å². The van der Waals surface area contributed by atoms with Gasteiger partial charge in [0.05, 0.1) is 23.9 Å². The number of aryl methyl sites for hydroxylation is 1. The normalized spacial score (nSPS) is 17.2. The summed E-state index contributed by atoms with van der Waals surface area (Å²) in [5, 5.41) is 6.63. The van der Waals surface area contributed by atoms with Gasteiger partial charge in [-0.15, -0.1) is 11.3 Å². The summed E-state index contributed by atoms with van der Waals surface area (Å²) >= 11 is 1.70. The molecular formula is C14H23N3O2S. The third kappa shape index (κ3) is 4.26. The minimum atomic E-state index is 0.198. The van der Waals surface area contributed by atoms with E-state index in [1.165, 1.54) is 0 Å². The first-order chi connectivity index (χ1) is 9.70. The zero-order valence-corrected chi connectivity index (χ0v) is 13.0. The van der Waals surface area contributed by atoms with E-state index in [1.807, 2.05) is 4.90 Å². The van der Waals surface area contributed by atoms with Crippen LogP contribution in [0.2, 0.25) is 0 Å². The Labute approximate surface area is 124 Å². The molecule has 0 aliphatic carbocycles. The third-order valence-corrected chi connectivity index (χ3v) is 4.48. The Morgan fingerprint density at radius 1 is 1.55 bits per heavy atom. The van der Waals surface area contributed by atoms with Crippen LogP contribution in [0.3, 0.4) is 0 Å². The monoisotopic (exact) mass is 297 g/mol. The van der Waals surface area contributed by atoms with Crippen LogP contribution < -0.4 is 5.32 Å². The number of amides is 1. The van der Waals surface area contributed by atoms with E-state index in [9.17, 15) is 4.79 Å². The minimum absolute atomic E-state index is 0.198. The van der Waals surface area contributed by atoms with Gasteiger partial charge in [-0.1, -0.05) is 6.92 Å². The van der Waals surface area contributed by atoms with Crippen molar-refractivity contribution in [3.8, 4) is 0 Å². The molecule has 1 atom stereocenters. The van der Waals surface area contributed by atoms with Crippen molar-refractivity contribution in [2.75, 3.05) is 32.8 Å². The molecule has 1 aromatic rings. The number of hydrogen-bond donors (Lipinski definition) is 1. The number of ether oxygens (including phenoxy) is 1. The minimum Gasteiger partial charge on any atom is -0.378 e. The average molecular weight is 297 g/mol. The maximum absolute atomic E-state index is 12.0. The predicted molar refractivity (Wildman–Crippen MR) is 79.9 cm³/mol. The molecule has 20 heavy (non-hydrogen) atoms. The fourth-order valence-corrected chi connectivity index (χ4v) is 3.00. The van der Waals surface area contributed by atoms with Gasteiger partial charge in [0.25, 0.3) is 0 Å². The first kappa shape index (κ1) is 15.4. The van der Waals surface area contributed by atoms with Crippen molar-refractivity contribution in [3.05, 3.63) is 16.1 Å². The molecule has 1 aliphatic heterocycles. The summed E-state index contributed by atoms with van der Waals surface area (Å²) in [6.07, 6.45) is 1.52. The number of nitrogens with one attached hydrogen (secondary N) is 1. The molecule has 2 heterocycles. The van der Waals surface area contributed by atoms with Gasteiger partial charge in [0, 0.05) is 37.5 Å². The SMILES string of the molecule is CCc1nc([C@H](C)NCCC(=O)N2CCOCC2)cs1. The molecule has 0 saturated carbocycles. The van der Waals surface area contributed by atoms with Crippen molar-refractivity contribution in [2.45, 2.75) is 32.7 Å². The highest BCUT2D eigenvalue weighted by Crippen LogP contribution is 2.16. The molecule has 0 unspecified atom stereocenters. The lowest BCUT2D eigenvalue weighted by Gasteiger charge is -2.27. The van der Waals surface area contributed by atoms with Gasteiger partial charge >= 0.3 is 0 Å². The molecule has 1 aliphatic rings. The number of aromatic nitrogens is 1. The molecule has 0 bridgehead atoms. The van der Waals surface area contributed by atoms with Crippen LogP contribution in [0.25, 0.3) is 0 Å². The maximum Gasteiger partial charge on any atom is 0.224 e. The third-order valence-electron chi connectivity index (χ3n) is 3.47. The molecule has 0 aromatic carbocycles. The number of carbonyl (C=O) groups is 1. The van der Waals surface area contributed by atoms with Crippen LogP contribution in [-0.2, 0) is 16.0 Å². The van der Waals surface area contributed by atoms with Crippen LogP contribution in [-0.4, -0.2) is 48.6 Å². The Balaban J connectivity index is 1.70. The summed E-state index contributed by atoms with van der Waals surface area (Å²) in [5.41, 5.74) is 1.07. The number of carbonyl (C=O) groups excluding carboxylic acids is 1. The molecule has 112 valence electrons. The van der Waals surface area contributed by atoms with Gasteiger partial charge in [0.1, 0.15) is 0 Å². The Kier molecular flexibility index (Phi) is 5.94. The van der Waals surface area contributed by atoms with Gasteiger partial charge in [-0.25, -0.2) is 4.98 Å². The first-order valence-corrected chi connectivity index (χ1v) is 8.12. The van der Waals surface area contributed by atoms with Crippen molar-refractivity contribution < 1.29 is 9.53 Å². The molecule has 0 spiro atoms. The lowest BCUT2D eigenvalue weighted by molar-refractivity contribution is -0.135. The summed E-state index contributed by atoms with van der Waals surface area (Å²) < 4.78 is 5.25. The van der Waals surface area contributed by atoms with Gasteiger partial charge in [0.2, 0.25) is 5.91 Å². The largest absolute Gasteiger partial charge is 0.378 e. The van der Waals surface area contributed by atoms with Gasteiger partial charge in [-0.3, -0.25) is 4.79 Å². The van der Waals surface area contributed by atoms with Crippen LogP contribution in [0.4, 0.5) is 0 Å². The first-order valence-electron chi connectivity index (χ1n) is 7.24. The van der Waals surface area contributed by atoms with E-state index in [0.717, 1.165) is 30.2 Å². The van der Waals surface area contributed by atoms with Gasteiger partial charge < -0.3 is 15.0 Å². The van der Waals surface area contributed by atoms with E-state index in [-0.39, 0.29) is 11.9 Å². The summed E-state index contributed by atoms with van der Waals surface area (Å²) in [4.78, 5) is 18.4. The fourth-order valence-electron chi connectivity index (χ4n) is 2.16. The molecule has 5 nitrogen and oxygen atoms in total. The number of morpholine rings is 1. The standard InChI is InChI=1S/C14H23N3O2S/c1-3-13-16-12(10-20-13)11(2)15-5-4-14(18)17-6-8-19-9-7-17/h10-11,15H,3-9H2,1-2H3/t11-/m0/s1. The molecule has 1 saturated heterocycles. The van der Waals surface area contributed by atoms with Crippen molar-refractivity contribution in [1.29, 1.82) is 0 Å². The van der Waals surface area contributed by atoms with Crippen LogP contribution in [0, 0.1) is 0 Å². The molecule has 1 N–H and O–H groups in total. The summed E-state index contributed by atoms with van der Waals surface area (Å²) in [6.45, 7) is 7.66. The molecule has 1 fully saturated rings. The lowest BCUT2D eigenvalue weighted by Crippen LogP contribution is -2.41. The highest BCUT2D eigenvalue weighted by Gasteiger charge is 2.16. The second-order valence-corrected chi connectivity index (χ2v) is 5.88. The molecule has 1 aromatic heterocycles. The number of thiazole rings is 1. The maximum atomic E-state index is 12.0. The van der Waals surface area contributed by atoms with E-state index in [0.29, 0.717) is 26.2 Å². The average Bonchev–Trinajstić information content (AvgIpc) is 2.97. The van der Waals surface area contributed by atoms with Gasteiger partial charge in [-0.2, -0.15) is 0 Å². The molecule has 0 radical (unpaired) electrons. The van der Waals surface area contributed by atoms with Crippen molar-refractivity contribution in [2.24, 2.45) is 0 Å². The quantitative estimate of drug-likeness (QED) is 0.866. The van der Waals surface area contributed by atoms with E-state index in [4.69, 9.17) is 4.74 Å². The van der Waals surface area contributed by atoms with Crippen molar-refractivity contribution in [3.63, 3.8) is 0 Å². The van der Waals surface area contributed by atoms with E-state index < -0.39 is 0 Å². The Morgan fingerprint density at radius 2 is 2.30 bits per heavy atom. The van der Waals surface area contributed by atoms with Crippen LogP contribution >= 0.6 is 11.3 Å². The second kappa shape index (κ2) is 7.71. The van der Waals surface area contributed by atoms with Crippen molar-refractivity contribution in [1.82, 2.24) is 15.2 Å². The smallest absolute Gasteiger partial charge is 0.224 e. The van der Waals surface area contributed by atoms with Crippen LogP contribution in [0.15, 0.2) is 5.38 Å². The Bertz CT molecular complexity index is 430. The molecule has 2 rings (SSSR count). The number of rotatable bonds is 6. The van der Waals surface area contributed by atoms with Crippen LogP contribution in [0.5, 0.6) is 0 Å². The number of nitrogens with zero attached hydrogens (tertiary/aromatic N) is 2.